The first-order valence-electron chi connectivity index (χ1n) is 7.22. The molecule has 0 saturated carbocycles. The van der Waals surface area contributed by atoms with Crippen LogP contribution in [-0.4, -0.2) is 16.4 Å². The van der Waals surface area contributed by atoms with Crippen LogP contribution in [0, 0.1) is 0 Å². The summed E-state index contributed by atoms with van der Waals surface area (Å²) in [5, 5.41) is 5.51. The molecule has 2 aromatic carbocycles. The van der Waals surface area contributed by atoms with E-state index in [1.807, 2.05) is 66.2 Å². The van der Waals surface area contributed by atoms with Crippen molar-refractivity contribution in [2.24, 2.45) is 0 Å². The average Bonchev–Trinajstić information content (AvgIpc) is 2.93. The van der Waals surface area contributed by atoms with E-state index in [0.29, 0.717) is 12.5 Å². The van der Waals surface area contributed by atoms with Crippen molar-refractivity contribution in [2.45, 2.75) is 13.2 Å². The van der Waals surface area contributed by atoms with Crippen LogP contribution in [0.3, 0.4) is 0 Å². The van der Waals surface area contributed by atoms with E-state index in [1.54, 1.807) is 6.08 Å². The molecule has 3 rings (SSSR count). The Kier molecular flexibility index (Phi) is 4.10. The van der Waals surface area contributed by atoms with Gasteiger partial charge < -0.3 is 9.47 Å². The summed E-state index contributed by atoms with van der Waals surface area (Å²) in [4.78, 5) is 0. The highest BCUT2D eigenvalue weighted by Crippen LogP contribution is 2.28. The first kappa shape index (κ1) is 14.2. The number of para-hydroxylation sites is 2. The number of benzene rings is 2. The molecule has 0 saturated heterocycles. The molecular weight excluding hydrogens is 276 g/mol. The van der Waals surface area contributed by atoms with Crippen LogP contribution in [0.1, 0.15) is 13.2 Å². The minimum atomic E-state index is -0.242. The molecule has 112 valence electrons. The molecule has 3 aromatic rings. The van der Waals surface area contributed by atoms with Crippen molar-refractivity contribution in [3.05, 3.63) is 67.3 Å². The zero-order valence-corrected chi connectivity index (χ0v) is 12.5. The Morgan fingerprint density at radius 2 is 1.86 bits per heavy atom. The second-order valence-electron chi connectivity index (χ2n) is 4.90. The molecule has 0 aliphatic heterocycles. The van der Waals surface area contributed by atoms with Gasteiger partial charge in [-0.3, -0.25) is 0 Å². The molecule has 1 atom stereocenters. The van der Waals surface area contributed by atoms with Crippen LogP contribution in [0.25, 0.3) is 10.9 Å². The average molecular weight is 294 g/mol. The van der Waals surface area contributed by atoms with Gasteiger partial charge in [0.1, 0.15) is 12.4 Å². The summed E-state index contributed by atoms with van der Waals surface area (Å²) in [6.07, 6.45) is 1.46. The zero-order chi connectivity index (χ0) is 15.4. The van der Waals surface area contributed by atoms with E-state index < -0.39 is 0 Å². The fraction of sp³-hybridized carbons (Fsp3) is 0.167. The quantitative estimate of drug-likeness (QED) is 0.639. The largest absolute Gasteiger partial charge is 0.472 e. The van der Waals surface area contributed by atoms with Crippen molar-refractivity contribution in [1.82, 2.24) is 9.78 Å². The topological polar surface area (TPSA) is 36.3 Å². The molecular formula is C18H18N2O2. The van der Waals surface area contributed by atoms with Crippen LogP contribution in [0.5, 0.6) is 11.6 Å². The van der Waals surface area contributed by atoms with Gasteiger partial charge in [-0.25, -0.2) is 4.68 Å². The molecule has 4 heteroatoms. The second-order valence-corrected chi connectivity index (χ2v) is 4.90. The van der Waals surface area contributed by atoms with Gasteiger partial charge in [-0.1, -0.05) is 43.0 Å². The summed E-state index contributed by atoms with van der Waals surface area (Å²) in [5.74, 6) is 1.40. The number of nitrogens with zero attached hydrogens (tertiary/aromatic N) is 2. The third-order valence-corrected chi connectivity index (χ3v) is 3.31. The third-order valence-electron chi connectivity index (χ3n) is 3.31. The summed E-state index contributed by atoms with van der Waals surface area (Å²) < 4.78 is 13.4. The molecule has 0 aliphatic carbocycles. The highest BCUT2D eigenvalue weighted by Gasteiger charge is 2.16. The van der Waals surface area contributed by atoms with E-state index in [2.05, 4.69) is 11.7 Å². The number of hydrogen-bond donors (Lipinski definition) is 0. The Morgan fingerprint density at radius 1 is 1.14 bits per heavy atom. The maximum absolute atomic E-state index is 5.95. The molecule has 1 heterocycles. The maximum Gasteiger partial charge on any atom is 0.241 e. The number of hydrogen-bond acceptors (Lipinski definition) is 3. The van der Waals surface area contributed by atoms with Gasteiger partial charge in [0.2, 0.25) is 5.88 Å². The van der Waals surface area contributed by atoms with Crippen molar-refractivity contribution in [1.29, 1.82) is 0 Å². The Morgan fingerprint density at radius 3 is 2.64 bits per heavy atom. The molecule has 4 nitrogen and oxygen atoms in total. The summed E-state index contributed by atoms with van der Waals surface area (Å²) in [6, 6.07) is 17.7. The third kappa shape index (κ3) is 2.81. The fourth-order valence-corrected chi connectivity index (χ4v) is 2.33. The van der Waals surface area contributed by atoms with Gasteiger partial charge >= 0.3 is 0 Å². The van der Waals surface area contributed by atoms with Crippen molar-refractivity contribution >= 4 is 10.9 Å². The van der Waals surface area contributed by atoms with Crippen LogP contribution in [0.4, 0.5) is 0 Å². The molecule has 1 aromatic heterocycles. The van der Waals surface area contributed by atoms with E-state index >= 15 is 0 Å². The fourth-order valence-electron chi connectivity index (χ4n) is 2.33. The van der Waals surface area contributed by atoms with Crippen molar-refractivity contribution in [3.8, 4) is 11.6 Å². The Hall–Kier alpha value is -2.75. The molecule has 0 amide bonds. The highest BCUT2D eigenvalue weighted by molar-refractivity contribution is 5.84. The van der Waals surface area contributed by atoms with Crippen molar-refractivity contribution < 1.29 is 9.47 Å². The Balaban J connectivity index is 1.94. The maximum atomic E-state index is 5.95. The predicted octanol–water partition coefficient (Wildman–Crippen LogP) is 4.20. The first-order valence-corrected chi connectivity index (χ1v) is 7.22. The smallest absolute Gasteiger partial charge is 0.241 e. The van der Waals surface area contributed by atoms with Crippen molar-refractivity contribution in [2.75, 3.05) is 6.61 Å². The number of rotatable bonds is 6. The van der Waals surface area contributed by atoms with Crippen LogP contribution in [-0.2, 0) is 0 Å². The van der Waals surface area contributed by atoms with Gasteiger partial charge in [-0.15, -0.1) is 5.10 Å². The van der Waals surface area contributed by atoms with Crippen LogP contribution in [0.2, 0.25) is 0 Å². The number of ether oxygens (including phenoxy) is 2. The minimum absolute atomic E-state index is 0.242. The first-order chi connectivity index (χ1) is 10.8. The Labute approximate surface area is 129 Å². The van der Waals surface area contributed by atoms with E-state index in [9.17, 15) is 0 Å². The van der Waals surface area contributed by atoms with E-state index in [4.69, 9.17) is 9.47 Å². The lowest BCUT2D eigenvalue weighted by atomic mass is 10.2. The van der Waals surface area contributed by atoms with Gasteiger partial charge in [-0.2, -0.15) is 0 Å². The van der Waals surface area contributed by atoms with E-state index in [0.717, 1.165) is 16.7 Å². The Bertz CT molecular complexity index is 765. The SMILES string of the molecule is C=CCOc1nn(C(C)Oc2ccccc2)c2ccccc12. The molecule has 0 N–H and O–H groups in total. The molecule has 0 aliphatic rings. The van der Waals surface area contributed by atoms with Gasteiger partial charge in [0.05, 0.1) is 10.9 Å². The predicted molar refractivity (Wildman–Crippen MR) is 87.2 cm³/mol. The molecule has 22 heavy (non-hydrogen) atoms. The van der Waals surface area contributed by atoms with Gasteiger partial charge in [0.25, 0.3) is 0 Å². The molecule has 0 spiro atoms. The second kappa shape index (κ2) is 6.35. The van der Waals surface area contributed by atoms with Gasteiger partial charge in [0.15, 0.2) is 6.23 Å². The summed E-state index contributed by atoms with van der Waals surface area (Å²) in [6.45, 7) is 6.06. The summed E-state index contributed by atoms with van der Waals surface area (Å²) >= 11 is 0. The zero-order valence-electron chi connectivity index (χ0n) is 12.5. The molecule has 1 unspecified atom stereocenters. The lowest BCUT2D eigenvalue weighted by Crippen LogP contribution is -2.13. The minimum Gasteiger partial charge on any atom is -0.472 e. The number of fused-ring (bicyclic) bond motifs is 1. The van der Waals surface area contributed by atoms with Gasteiger partial charge in [-0.05, 0) is 31.2 Å². The van der Waals surface area contributed by atoms with Gasteiger partial charge in [0, 0.05) is 0 Å². The van der Waals surface area contributed by atoms with E-state index in [1.165, 1.54) is 0 Å². The molecule has 0 fully saturated rings. The number of aromatic nitrogens is 2. The van der Waals surface area contributed by atoms with Crippen LogP contribution >= 0.6 is 0 Å². The standard InChI is InChI=1S/C18H18N2O2/c1-3-13-21-18-16-11-7-8-12-17(16)20(19-18)14(2)22-15-9-5-4-6-10-15/h3-12,14H,1,13H2,2H3. The molecule has 0 bridgehead atoms. The van der Waals surface area contributed by atoms with Crippen molar-refractivity contribution in [3.63, 3.8) is 0 Å². The summed E-state index contributed by atoms with van der Waals surface area (Å²) in [5.41, 5.74) is 0.977. The lowest BCUT2D eigenvalue weighted by Gasteiger charge is -2.15. The molecule has 0 radical (unpaired) electrons. The van der Waals surface area contributed by atoms with Crippen LogP contribution in [0.15, 0.2) is 67.3 Å². The monoisotopic (exact) mass is 294 g/mol. The highest BCUT2D eigenvalue weighted by atomic mass is 16.5. The van der Waals surface area contributed by atoms with E-state index in [-0.39, 0.29) is 6.23 Å². The normalized spacial score (nSPS) is 12.0. The lowest BCUT2D eigenvalue weighted by molar-refractivity contribution is 0.140. The van der Waals surface area contributed by atoms with Crippen LogP contribution < -0.4 is 9.47 Å². The summed E-state index contributed by atoms with van der Waals surface area (Å²) in [7, 11) is 0.